The van der Waals surface area contributed by atoms with Crippen molar-refractivity contribution >= 4 is 5.78 Å². The molecule has 3 nitrogen and oxygen atoms in total. The van der Waals surface area contributed by atoms with Crippen molar-refractivity contribution in [1.82, 2.24) is 4.90 Å². The van der Waals surface area contributed by atoms with Crippen molar-refractivity contribution in [3.8, 4) is 0 Å². The quantitative estimate of drug-likeness (QED) is 0.651. The molecule has 0 radical (unpaired) electrons. The van der Waals surface area contributed by atoms with E-state index in [1.54, 1.807) is 25.3 Å². The Bertz CT molecular complexity index is 419. The first-order valence-corrected chi connectivity index (χ1v) is 7.14. The van der Waals surface area contributed by atoms with Gasteiger partial charge in [-0.15, -0.1) is 0 Å². The number of hydrogen-bond acceptors (Lipinski definition) is 3. The summed E-state index contributed by atoms with van der Waals surface area (Å²) in [6, 6.07) is 6.46. The molecular formula is C16H24FNO2. The first kappa shape index (κ1) is 16.8. The van der Waals surface area contributed by atoms with Gasteiger partial charge in [-0.1, -0.05) is 26.0 Å². The van der Waals surface area contributed by atoms with Crippen LogP contribution in [-0.2, 0) is 4.74 Å². The molecule has 0 aromatic heterocycles. The molecule has 1 aromatic carbocycles. The normalized spacial score (nSPS) is 11.3. The second-order valence-corrected chi connectivity index (χ2v) is 4.84. The molecule has 0 atom stereocenters. The standard InChI is InChI=1S/C16H24FNO2/c1-4-13(5-2)18(10-11-20-3)12-16(19)14-8-6-7-9-15(14)17/h6-9,13H,4-5,10-12H2,1-3H3. The van der Waals surface area contributed by atoms with Gasteiger partial charge in [0.15, 0.2) is 5.78 Å². The predicted molar refractivity (Wildman–Crippen MR) is 78.5 cm³/mol. The number of nitrogens with zero attached hydrogens (tertiary/aromatic N) is 1. The van der Waals surface area contributed by atoms with Gasteiger partial charge in [-0.2, -0.15) is 0 Å². The van der Waals surface area contributed by atoms with E-state index >= 15 is 0 Å². The van der Waals surface area contributed by atoms with E-state index in [9.17, 15) is 9.18 Å². The number of methoxy groups -OCH3 is 1. The SMILES string of the molecule is CCC(CC)N(CCOC)CC(=O)c1ccccc1F. The molecule has 0 saturated heterocycles. The van der Waals surface area contributed by atoms with Crippen LogP contribution in [0.4, 0.5) is 4.39 Å². The van der Waals surface area contributed by atoms with E-state index in [1.807, 2.05) is 0 Å². The molecule has 1 rings (SSSR count). The van der Waals surface area contributed by atoms with Crippen molar-refractivity contribution in [2.24, 2.45) is 0 Å². The van der Waals surface area contributed by atoms with Gasteiger partial charge in [0.05, 0.1) is 18.7 Å². The van der Waals surface area contributed by atoms with Crippen LogP contribution in [0.15, 0.2) is 24.3 Å². The zero-order chi connectivity index (χ0) is 15.0. The van der Waals surface area contributed by atoms with E-state index in [1.165, 1.54) is 6.07 Å². The summed E-state index contributed by atoms with van der Waals surface area (Å²) < 4.78 is 18.7. The molecule has 112 valence electrons. The van der Waals surface area contributed by atoms with Gasteiger partial charge in [0, 0.05) is 19.7 Å². The smallest absolute Gasteiger partial charge is 0.179 e. The third-order valence-electron chi connectivity index (χ3n) is 3.56. The number of hydrogen-bond donors (Lipinski definition) is 0. The van der Waals surface area contributed by atoms with Crippen LogP contribution in [0.1, 0.15) is 37.0 Å². The first-order valence-electron chi connectivity index (χ1n) is 7.14. The zero-order valence-electron chi connectivity index (χ0n) is 12.6. The highest BCUT2D eigenvalue weighted by Gasteiger charge is 2.20. The Labute approximate surface area is 120 Å². The summed E-state index contributed by atoms with van der Waals surface area (Å²) in [5.41, 5.74) is 0.167. The monoisotopic (exact) mass is 281 g/mol. The van der Waals surface area contributed by atoms with E-state index in [0.29, 0.717) is 19.2 Å². The highest BCUT2D eigenvalue weighted by atomic mass is 19.1. The highest BCUT2D eigenvalue weighted by molar-refractivity contribution is 5.97. The van der Waals surface area contributed by atoms with Crippen LogP contribution in [0.25, 0.3) is 0 Å². The van der Waals surface area contributed by atoms with Crippen LogP contribution < -0.4 is 0 Å². The van der Waals surface area contributed by atoms with E-state index in [4.69, 9.17) is 4.74 Å². The van der Waals surface area contributed by atoms with Crippen molar-refractivity contribution in [1.29, 1.82) is 0 Å². The van der Waals surface area contributed by atoms with Gasteiger partial charge in [0.25, 0.3) is 0 Å². The Morgan fingerprint density at radius 2 is 1.95 bits per heavy atom. The fourth-order valence-electron chi connectivity index (χ4n) is 2.36. The molecule has 0 aliphatic heterocycles. The molecule has 0 aliphatic rings. The van der Waals surface area contributed by atoms with E-state index in [0.717, 1.165) is 12.8 Å². The lowest BCUT2D eigenvalue weighted by Crippen LogP contribution is -2.40. The summed E-state index contributed by atoms with van der Waals surface area (Å²) in [5, 5.41) is 0. The summed E-state index contributed by atoms with van der Waals surface area (Å²) in [7, 11) is 1.64. The maximum Gasteiger partial charge on any atom is 0.179 e. The van der Waals surface area contributed by atoms with Crippen LogP contribution in [-0.4, -0.2) is 43.5 Å². The summed E-state index contributed by atoms with van der Waals surface area (Å²) in [4.78, 5) is 14.3. The fraction of sp³-hybridized carbons (Fsp3) is 0.562. The maximum atomic E-state index is 13.6. The van der Waals surface area contributed by atoms with E-state index < -0.39 is 5.82 Å². The van der Waals surface area contributed by atoms with Crippen molar-refractivity contribution in [3.05, 3.63) is 35.6 Å². The molecule has 1 aromatic rings. The number of Topliss-reactive ketones (excluding diaryl/α,β-unsaturated/α-hetero) is 1. The number of ketones is 1. The largest absolute Gasteiger partial charge is 0.383 e. The van der Waals surface area contributed by atoms with E-state index in [2.05, 4.69) is 18.7 Å². The lowest BCUT2D eigenvalue weighted by Gasteiger charge is -2.29. The molecule has 0 heterocycles. The number of ether oxygens (including phenoxy) is 1. The lowest BCUT2D eigenvalue weighted by molar-refractivity contribution is 0.0808. The van der Waals surface area contributed by atoms with Gasteiger partial charge in [-0.25, -0.2) is 4.39 Å². The van der Waals surface area contributed by atoms with E-state index in [-0.39, 0.29) is 17.9 Å². The minimum Gasteiger partial charge on any atom is -0.383 e. The first-order chi connectivity index (χ1) is 9.63. The number of halogens is 1. The fourth-order valence-corrected chi connectivity index (χ4v) is 2.36. The molecule has 0 fully saturated rings. The molecule has 0 aliphatic carbocycles. The van der Waals surface area contributed by atoms with Crippen molar-refractivity contribution in [2.45, 2.75) is 32.7 Å². The molecule has 0 unspecified atom stereocenters. The number of rotatable bonds is 9. The highest BCUT2D eigenvalue weighted by Crippen LogP contribution is 2.12. The summed E-state index contributed by atoms with van der Waals surface area (Å²) in [5.74, 6) is -0.625. The Kier molecular flexibility index (Phi) is 7.41. The number of carbonyl (C=O) groups is 1. The number of benzene rings is 1. The Balaban J connectivity index is 2.78. The molecular weight excluding hydrogens is 257 g/mol. The van der Waals surface area contributed by atoms with Gasteiger partial charge < -0.3 is 4.74 Å². The predicted octanol–water partition coefficient (Wildman–Crippen LogP) is 3.15. The third kappa shape index (κ3) is 4.69. The van der Waals surface area contributed by atoms with Crippen molar-refractivity contribution in [3.63, 3.8) is 0 Å². The minimum absolute atomic E-state index is 0.167. The second-order valence-electron chi connectivity index (χ2n) is 4.84. The van der Waals surface area contributed by atoms with Crippen LogP contribution in [0, 0.1) is 5.82 Å². The average Bonchev–Trinajstić information content (AvgIpc) is 2.46. The van der Waals surface area contributed by atoms with Crippen molar-refractivity contribution < 1.29 is 13.9 Å². The third-order valence-corrected chi connectivity index (χ3v) is 3.56. The second kappa shape index (κ2) is 8.82. The van der Waals surface area contributed by atoms with Crippen LogP contribution in [0.3, 0.4) is 0 Å². The van der Waals surface area contributed by atoms with Crippen LogP contribution in [0.5, 0.6) is 0 Å². The molecule has 0 bridgehead atoms. The lowest BCUT2D eigenvalue weighted by atomic mass is 10.1. The molecule has 0 saturated carbocycles. The van der Waals surface area contributed by atoms with Gasteiger partial charge in [0.2, 0.25) is 0 Å². The topological polar surface area (TPSA) is 29.5 Å². The summed E-state index contributed by atoms with van der Waals surface area (Å²) >= 11 is 0. The van der Waals surface area contributed by atoms with Crippen LogP contribution in [0.2, 0.25) is 0 Å². The molecule has 0 spiro atoms. The Morgan fingerprint density at radius 3 is 2.50 bits per heavy atom. The van der Waals surface area contributed by atoms with Crippen LogP contribution >= 0.6 is 0 Å². The molecule has 4 heteroatoms. The maximum absolute atomic E-state index is 13.6. The van der Waals surface area contributed by atoms with Gasteiger partial charge in [0.1, 0.15) is 5.82 Å². The Morgan fingerprint density at radius 1 is 1.30 bits per heavy atom. The summed E-state index contributed by atoms with van der Waals surface area (Å²) in [6.07, 6.45) is 1.93. The van der Waals surface area contributed by atoms with Gasteiger partial charge in [-0.05, 0) is 25.0 Å². The zero-order valence-corrected chi connectivity index (χ0v) is 12.6. The average molecular weight is 281 g/mol. The molecule has 0 amide bonds. The molecule has 20 heavy (non-hydrogen) atoms. The summed E-state index contributed by atoms with van der Waals surface area (Å²) in [6.45, 7) is 5.68. The van der Waals surface area contributed by atoms with Gasteiger partial charge in [-0.3, -0.25) is 9.69 Å². The van der Waals surface area contributed by atoms with Crippen molar-refractivity contribution in [2.75, 3.05) is 26.8 Å². The van der Waals surface area contributed by atoms with Gasteiger partial charge >= 0.3 is 0 Å². The minimum atomic E-state index is -0.450. The molecule has 0 N–H and O–H groups in total. The Hall–Kier alpha value is -1.26. The number of carbonyl (C=O) groups excluding carboxylic acids is 1.